The molecular formula is C18H25FN2O6S. The number of esters is 1. The molecule has 1 N–H and O–H groups in total. The monoisotopic (exact) mass is 416 g/mol. The van der Waals surface area contributed by atoms with Crippen molar-refractivity contribution >= 4 is 21.9 Å². The Morgan fingerprint density at radius 3 is 2.64 bits per heavy atom. The highest BCUT2D eigenvalue weighted by molar-refractivity contribution is 7.89. The van der Waals surface area contributed by atoms with E-state index in [1.165, 1.54) is 0 Å². The number of nitrogens with one attached hydrogen (secondary N) is 1. The summed E-state index contributed by atoms with van der Waals surface area (Å²) in [6.45, 7) is 3.96. The highest BCUT2D eigenvalue weighted by Crippen LogP contribution is 2.22. The molecule has 10 heteroatoms. The molecule has 0 unspecified atom stereocenters. The Labute approximate surface area is 164 Å². The summed E-state index contributed by atoms with van der Waals surface area (Å²) in [5, 5.41) is 2.68. The van der Waals surface area contributed by atoms with Crippen molar-refractivity contribution < 1.29 is 31.9 Å². The van der Waals surface area contributed by atoms with Gasteiger partial charge in [0.25, 0.3) is 5.91 Å². The van der Waals surface area contributed by atoms with E-state index >= 15 is 0 Å². The first-order valence-corrected chi connectivity index (χ1v) is 10.5. The Balaban J connectivity index is 2.07. The van der Waals surface area contributed by atoms with Crippen LogP contribution >= 0.6 is 0 Å². The number of hydrogen-bond donors (Lipinski definition) is 1. The predicted octanol–water partition coefficient (Wildman–Crippen LogP) is 1.31. The second-order valence-corrected chi connectivity index (χ2v) is 8.40. The second-order valence-electron chi connectivity index (χ2n) is 6.50. The van der Waals surface area contributed by atoms with Crippen molar-refractivity contribution in [1.29, 1.82) is 0 Å². The van der Waals surface area contributed by atoms with Gasteiger partial charge in [0.2, 0.25) is 10.0 Å². The molecule has 0 radical (unpaired) electrons. The van der Waals surface area contributed by atoms with Crippen molar-refractivity contribution in [3.05, 3.63) is 29.6 Å². The summed E-state index contributed by atoms with van der Waals surface area (Å²) >= 11 is 0. The normalized spacial score (nSPS) is 16.4. The van der Waals surface area contributed by atoms with Gasteiger partial charge in [0, 0.05) is 19.1 Å². The number of sulfonamides is 1. The molecule has 1 aromatic carbocycles. The first-order chi connectivity index (χ1) is 13.3. The quantitative estimate of drug-likeness (QED) is 0.641. The molecule has 0 saturated carbocycles. The van der Waals surface area contributed by atoms with Gasteiger partial charge in [0.1, 0.15) is 10.7 Å². The predicted molar refractivity (Wildman–Crippen MR) is 98.8 cm³/mol. The van der Waals surface area contributed by atoms with Crippen molar-refractivity contribution in [2.45, 2.75) is 37.6 Å². The second kappa shape index (κ2) is 9.94. The summed E-state index contributed by atoms with van der Waals surface area (Å²) in [5.41, 5.74) is -0.150. The van der Waals surface area contributed by atoms with Gasteiger partial charge in [-0.3, -0.25) is 4.79 Å². The molecule has 1 saturated heterocycles. The van der Waals surface area contributed by atoms with Crippen LogP contribution in [-0.2, 0) is 24.3 Å². The number of carbonyl (C=O) groups excluding carboxylic acids is 2. The topological polar surface area (TPSA) is 102 Å². The van der Waals surface area contributed by atoms with Crippen molar-refractivity contribution in [3.63, 3.8) is 0 Å². The van der Waals surface area contributed by atoms with E-state index in [2.05, 4.69) is 5.32 Å². The van der Waals surface area contributed by atoms with E-state index in [4.69, 9.17) is 9.47 Å². The summed E-state index contributed by atoms with van der Waals surface area (Å²) in [6, 6.07) is 2.90. The van der Waals surface area contributed by atoms with Crippen LogP contribution in [0.4, 0.5) is 4.39 Å². The molecule has 1 atom stereocenters. The van der Waals surface area contributed by atoms with Gasteiger partial charge >= 0.3 is 5.97 Å². The van der Waals surface area contributed by atoms with Crippen LogP contribution in [0.2, 0.25) is 0 Å². The van der Waals surface area contributed by atoms with E-state index in [9.17, 15) is 22.4 Å². The van der Waals surface area contributed by atoms with Crippen LogP contribution in [0.15, 0.2) is 23.1 Å². The molecule has 28 heavy (non-hydrogen) atoms. The average Bonchev–Trinajstić information content (AvgIpc) is 2.67. The minimum atomic E-state index is -4.11. The molecule has 1 fully saturated rings. The van der Waals surface area contributed by atoms with Gasteiger partial charge in [-0.05, 0) is 31.5 Å². The van der Waals surface area contributed by atoms with E-state index in [1.807, 2.05) is 13.8 Å². The maximum absolute atomic E-state index is 14.2. The standard InChI is InChI=1S/C18H25FN2O6S/c1-3-4-13(2)20-17(22)12-27-18(23)14-5-6-15(19)16(11-14)28(24,25)21-7-9-26-10-8-21/h5-6,11,13H,3-4,7-10,12H2,1-2H3,(H,20,22)/t13-/m0/s1. The van der Waals surface area contributed by atoms with Crippen LogP contribution in [-0.4, -0.2) is 63.6 Å². The molecule has 1 aromatic rings. The van der Waals surface area contributed by atoms with E-state index in [0.717, 1.165) is 35.3 Å². The highest BCUT2D eigenvalue weighted by atomic mass is 32.2. The number of nitrogens with zero attached hydrogens (tertiary/aromatic N) is 1. The lowest BCUT2D eigenvalue weighted by Crippen LogP contribution is -2.41. The third kappa shape index (κ3) is 5.73. The number of hydrogen-bond acceptors (Lipinski definition) is 6. The highest BCUT2D eigenvalue weighted by Gasteiger charge is 2.30. The molecule has 156 valence electrons. The molecule has 0 spiro atoms. The van der Waals surface area contributed by atoms with Crippen LogP contribution in [0.3, 0.4) is 0 Å². The summed E-state index contributed by atoms with van der Waals surface area (Å²) in [6.07, 6.45) is 1.69. The molecule has 1 heterocycles. The largest absolute Gasteiger partial charge is 0.452 e. The Kier molecular flexibility index (Phi) is 7.90. The number of ether oxygens (including phenoxy) is 2. The minimum absolute atomic E-state index is 0.0488. The maximum atomic E-state index is 14.2. The number of carbonyl (C=O) groups is 2. The number of benzene rings is 1. The molecule has 0 bridgehead atoms. The van der Waals surface area contributed by atoms with Gasteiger partial charge in [-0.2, -0.15) is 4.31 Å². The lowest BCUT2D eigenvalue weighted by atomic mass is 10.2. The van der Waals surface area contributed by atoms with Crippen molar-refractivity contribution in [2.75, 3.05) is 32.9 Å². The molecule has 0 aliphatic carbocycles. The van der Waals surface area contributed by atoms with Crippen molar-refractivity contribution in [3.8, 4) is 0 Å². The fourth-order valence-electron chi connectivity index (χ4n) is 2.79. The smallest absolute Gasteiger partial charge is 0.338 e. The molecule has 1 aliphatic rings. The van der Waals surface area contributed by atoms with Crippen LogP contribution in [0, 0.1) is 5.82 Å². The van der Waals surface area contributed by atoms with Gasteiger partial charge in [-0.25, -0.2) is 17.6 Å². The van der Waals surface area contributed by atoms with Gasteiger partial charge in [0.15, 0.2) is 6.61 Å². The van der Waals surface area contributed by atoms with E-state index < -0.39 is 39.2 Å². The van der Waals surface area contributed by atoms with Crippen LogP contribution in [0.25, 0.3) is 0 Å². The Morgan fingerprint density at radius 2 is 2.00 bits per heavy atom. The van der Waals surface area contributed by atoms with Crippen molar-refractivity contribution in [2.24, 2.45) is 0 Å². The van der Waals surface area contributed by atoms with E-state index in [0.29, 0.717) is 0 Å². The Hall–Kier alpha value is -2.04. The summed E-state index contributed by atoms with van der Waals surface area (Å²) < 4.78 is 50.6. The fraction of sp³-hybridized carbons (Fsp3) is 0.556. The van der Waals surface area contributed by atoms with Gasteiger partial charge in [-0.1, -0.05) is 13.3 Å². The zero-order valence-electron chi connectivity index (χ0n) is 15.9. The first kappa shape index (κ1) is 22.3. The maximum Gasteiger partial charge on any atom is 0.338 e. The lowest BCUT2D eigenvalue weighted by Gasteiger charge is -2.26. The lowest BCUT2D eigenvalue weighted by molar-refractivity contribution is -0.124. The third-order valence-electron chi connectivity index (χ3n) is 4.22. The van der Waals surface area contributed by atoms with E-state index in [-0.39, 0.29) is 37.9 Å². The Morgan fingerprint density at radius 1 is 1.32 bits per heavy atom. The number of amides is 1. The molecule has 1 amide bonds. The molecule has 2 rings (SSSR count). The number of morpholine rings is 1. The number of halogens is 1. The van der Waals surface area contributed by atoms with Crippen LogP contribution in [0.1, 0.15) is 37.0 Å². The Bertz CT molecular complexity index is 808. The van der Waals surface area contributed by atoms with Crippen molar-refractivity contribution in [1.82, 2.24) is 9.62 Å². The SMILES string of the molecule is CCC[C@H](C)NC(=O)COC(=O)c1ccc(F)c(S(=O)(=O)N2CCOCC2)c1. The van der Waals surface area contributed by atoms with Gasteiger partial charge < -0.3 is 14.8 Å². The zero-order valence-corrected chi connectivity index (χ0v) is 16.8. The minimum Gasteiger partial charge on any atom is -0.452 e. The zero-order chi connectivity index (χ0) is 20.7. The summed E-state index contributed by atoms with van der Waals surface area (Å²) in [4.78, 5) is 23.4. The van der Waals surface area contributed by atoms with Crippen LogP contribution in [0.5, 0.6) is 0 Å². The molecule has 1 aliphatic heterocycles. The van der Waals surface area contributed by atoms with Crippen LogP contribution < -0.4 is 5.32 Å². The van der Waals surface area contributed by atoms with Gasteiger partial charge in [0.05, 0.1) is 18.8 Å². The average molecular weight is 416 g/mol. The molecular weight excluding hydrogens is 391 g/mol. The molecule has 0 aromatic heterocycles. The summed E-state index contributed by atoms with van der Waals surface area (Å²) in [7, 11) is -4.11. The number of rotatable bonds is 8. The van der Waals surface area contributed by atoms with Gasteiger partial charge in [-0.15, -0.1) is 0 Å². The first-order valence-electron chi connectivity index (χ1n) is 9.09. The summed E-state index contributed by atoms with van der Waals surface area (Å²) in [5.74, 6) is -2.33. The fourth-order valence-corrected chi connectivity index (χ4v) is 4.29. The third-order valence-corrected chi connectivity index (χ3v) is 6.13. The van der Waals surface area contributed by atoms with E-state index in [1.54, 1.807) is 0 Å². The molecule has 8 nitrogen and oxygen atoms in total.